The Bertz CT molecular complexity index is 804. The number of hydrogen-bond acceptors (Lipinski definition) is 4. The van der Waals surface area contributed by atoms with Crippen LogP contribution in [0, 0.1) is 0 Å². The van der Waals surface area contributed by atoms with Gasteiger partial charge in [0, 0.05) is 11.6 Å². The number of oxazole rings is 1. The lowest BCUT2D eigenvalue weighted by molar-refractivity contribution is 0.102. The van der Waals surface area contributed by atoms with Crippen LogP contribution in [0.2, 0.25) is 5.22 Å². The number of aromatic nitrogens is 1. The number of halogens is 1. The monoisotopic (exact) mass is 304 g/mol. The van der Waals surface area contributed by atoms with E-state index in [9.17, 15) is 4.79 Å². The van der Waals surface area contributed by atoms with Crippen molar-refractivity contribution in [1.29, 1.82) is 0 Å². The molecule has 3 aromatic rings. The Morgan fingerprint density at radius 3 is 2.81 bits per heavy atom. The first-order valence-corrected chi connectivity index (χ1v) is 6.87. The molecule has 108 valence electrons. The van der Waals surface area contributed by atoms with Crippen molar-refractivity contribution >= 4 is 34.3 Å². The quantitative estimate of drug-likeness (QED) is 0.776. The van der Waals surface area contributed by atoms with Gasteiger partial charge in [-0.1, -0.05) is 13.8 Å². The van der Waals surface area contributed by atoms with Crippen LogP contribution in [0.4, 0.5) is 5.69 Å². The summed E-state index contributed by atoms with van der Waals surface area (Å²) in [5.74, 6) is 0.548. The fourth-order valence-electron chi connectivity index (χ4n) is 1.92. The third-order valence-electron chi connectivity index (χ3n) is 3.02. The molecule has 1 aromatic carbocycles. The Balaban J connectivity index is 1.87. The maximum atomic E-state index is 12.0. The number of furan rings is 1. The van der Waals surface area contributed by atoms with Crippen LogP contribution in [0.1, 0.15) is 36.0 Å². The van der Waals surface area contributed by atoms with Gasteiger partial charge in [-0.3, -0.25) is 4.79 Å². The number of amides is 1. The van der Waals surface area contributed by atoms with Crippen molar-refractivity contribution in [3.05, 3.63) is 47.2 Å². The number of nitrogens with zero attached hydrogens (tertiary/aromatic N) is 1. The lowest BCUT2D eigenvalue weighted by atomic mass is 10.2. The Hall–Kier alpha value is -2.27. The molecular formula is C15H13ClN2O3. The zero-order chi connectivity index (χ0) is 15.0. The molecule has 0 bridgehead atoms. The predicted octanol–water partition coefficient (Wildman–Crippen LogP) is 4.45. The second-order valence-electron chi connectivity index (χ2n) is 4.95. The first-order chi connectivity index (χ1) is 10.0. The minimum atomic E-state index is -0.333. The third kappa shape index (κ3) is 2.64. The Labute approximate surface area is 125 Å². The molecule has 2 aromatic heterocycles. The molecule has 0 aliphatic heterocycles. The number of rotatable bonds is 3. The molecule has 0 spiro atoms. The van der Waals surface area contributed by atoms with Crippen LogP contribution in [0.15, 0.2) is 39.4 Å². The van der Waals surface area contributed by atoms with E-state index in [4.69, 9.17) is 20.4 Å². The van der Waals surface area contributed by atoms with Crippen LogP contribution in [-0.2, 0) is 0 Å². The van der Waals surface area contributed by atoms with E-state index in [1.807, 2.05) is 13.8 Å². The van der Waals surface area contributed by atoms with Crippen molar-refractivity contribution in [2.24, 2.45) is 0 Å². The molecule has 6 heteroatoms. The maximum Gasteiger partial charge on any atom is 0.260 e. The fraction of sp³-hybridized carbons (Fsp3) is 0.200. The van der Waals surface area contributed by atoms with E-state index in [0.29, 0.717) is 28.2 Å². The molecule has 2 heterocycles. The zero-order valence-electron chi connectivity index (χ0n) is 11.5. The normalized spacial score (nSPS) is 11.2. The number of hydrogen-bond donors (Lipinski definition) is 1. The Morgan fingerprint density at radius 1 is 1.33 bits per heavy atom. The van der Waals surface area contributed by atoms with Gasteiger partial charge in [-0.2, -0.15) is 0 Å². The van der Waals surface area contributed by atoms with Crippen molar-refractivity contribution in [3.63, 3.8) is 0 Å². The SMILES string of the molecule is CC(C)c1nc2cc(NC(=O)c3ccoc3Cl)ccc2o1. The summed E-state index contributed by atoms with van der Waals surface area (Å²) in [6.07, 6.45) is 1.37. The molecule has 21 heavy (non-hydrogen) atoms. The van der Waals surface area contributed by atoms with Crippen molar-refractivity contribution in [2.45, 2.75) is 19.8 Å². The van der Waals surface area contributed by atoms with Gasteiger partial charge in [0.05, 0.1) is 11.8 Å². The third-order valence-corrected chi connectivity index (χ3v) is 3.31. The first-order valence-electron chi connectivity index (χ1n) is 6.49. The highest BCUT2D eigenvalue weighted by Gasteiger charge is 2.14. The number of fused-ring (bicyclic) bond motifs is 1. The average Bonchev–Trinajstić information content (AvgIpc) is 3.04. The molecule has 0 fully saturated rings. The molecule has 3 rings (SSSR count). The molecule has 5 nitrogen and oxygen atoms in total. The van der Waals surface area contributed by atoms with E-state index in [1.54, 1.807) is 18.2 Å². The van der Waals surface area contributed by atoms with Gasteiger partial charge in [0.25, 0.3) is 5.91 Å². The minimum Gasteiger partial charge on any atom is -0.452 e. The van der Waals surface area contributed by atoms with Crippen LogP contribution in [-0.4, -0.2) is 10.9 Å². The largest absolute Gasteiger partial charge is 0.452 e. The predicted molar refractivity (Wildman–Crippen MR) is 79.8 cm³/mol. The molecular weight excluding hydrogens is 292 g/mol. The van der Waals surface area contributed by atoms with E-state index in [0.717, 1.165) is 0 Å². The van der Waals surface area contributed by atoms with E-state index in [-0.39, 0.29) is 17.0 Å². The topological polar surface area (TPSA) is 68.3 Å². The molecule has 0 aliphatic rings. The highest BCUT2D eigenvalue weighted by Crippen LogP contribution is 2.24. The van der Waals surface area contributed by atoms with Crippen LogP contribution < -0.4 is 5.32 Å². The molecule has 0 radical (unpaired) electrons. The molecule has 1 amide bonds. The van der Waals surface area contributed by atoms with Gasteiger partial charge in [0.1, 0.15) is 5.52 Å². The van der Waals surface area contributed by atoms with Gasteiger partial charge >= 0.3 is 0 Å². The summed E-state index contributed by atoms with van der Waals surface area (Å²) in [5.41, 5.74) is 2.31. The van der Waals surface area contributed by atoms with Gasteiger partial charge in [0.2, 0.25) is 5.22 Å². The molecule has 0 saturated carbocycles. The Morgan fingerprint density at radius 2 is 2.14 bits per heavy atom. The number of carbonyl (C=O) groups is 1. The minimum absolute atomic E-state index is 0.0668. The summed E-state index contributed by atoms with van der Waals surface area (Å²) in [4.78, 5) is 16.4. The van der Waals surface area contributed by atoms with Gasteiger partial charge < -0.3 is 14.2 Å². The van der Waals surface area contributed by atoms with E-state index in [2.05, 4.69) is 10.3 Å². The van der Waals surface area contributed by atoms with E-state index in [1.165, 1.54) is 12.3 Å². The van der Waals surface area contributed by atoms with Crippen LogP contribution in [0.5, 0.6) is 0 Å². The second kappa shape index (κ2) is 5.26. The molecule has 0 atom stereocenters. The average molecular weight is 305 g/mol. The standard InChI is InChI=1S/C15H13ClN2O3/c1-8(2)15-18-11-7-9(3-4-12(11)21-15)17-14(19)10-5-6-20-13(10)16/h3-8H,1-2H3,(H,17,19). The van der Waals surface area contributed by atoms with Crippen molar-refractivity contribution < 1.29 is 13.6 Å². The summed E-state index contributed by atoms with van der Waals surface area (Å²) in [7, 11) is 0. The van der Waals surface area contributed by atoms with E-state index >= 15 is 0 Å². The fourth-order valence-corrected chi connectivity index (χ4v) is 2.12. The highest BCUT2D eigenvalue weighted by molar-refractivity contribution is 6.32. The molecule has 1 N–H and O–H groups in total. The molecule has 0 aliphatic carbocycles. The van der Waals surface area contributed by atoms with Gasteiger partial charge in [0.15, 0.2) is 11.5 Å². The van der Waals surface area contributed by atoms with Crippen molar-refractivity contribution in [3.8, 4) is 0 Å². The maximum absolute atomic E-state index is 12.0. The summed E-state index contributed by atoms with van der Waals surface area (Å²) < 4.78 is 10.5. The zero-order valence-corrected chi connectivity index (χ0v) is 12.3. The first kappa shape index (κ1) is 13.7. The van der Waals surface area contributed by atoms with Gasteiger partial charge in [-0.25, -0.2) is 4.98 Å². The molecule has 0 unspecified atom stereocenters. The summed E-state index contributed by atoms with van der Waals surface area (Å²) >= 11 is 5.78. The van der Waals surface area contributed by atoms with E-state index < -0.39 is 0 Å². The lowest BCUT2D eigenvalue weighted by Gasteiger charge is -2.03. The number of benzene rings is 1. The van der Waals surface area contributed by atoms with Gasteiger partial charge in [-0.15, -0.1) is 0 Å². The van der Waals surface area contributed by atoms with Gasteiger partial charge in [-0.05, 0) is 35.9 Å². The number of carbonyl (C=O) groups excluding carboxylic acids is 1. The number of anilines is 1. The van der Waals surface area contributed by atoms with Crippen molar-refractivity contribution in [2.75, 3.05) is 5.32 Å². The van der Waals surface area contributed by atoms with Crippen LogP contribution in [0.25, 0.3) is 11.1 Å². The second-order valence-corrected chi connectivity index (χ2v) is 5.29. The van der Waals surface area contributed by atoms with Crippen LogP contribution >= 0.6 is 11.6 Å². The number of nitrogens with one attached hydrogen (secondary N) is 1. The smallest absolute Gasteiger partial charge is 0.260 e. The van der Waals surface area contributed by atoms with Crippen molar-refractivity contribution in [1.82, 2.24) is 4.98 Å². The van der Waals surface area contributed by atoms with Crippen LogP contribution in [0.3, 0.4) is 0 Å². The Kier molecular flexibility index (Phi) is 3.43. The summed E-state index contributed by atoms with van der Waals surface area (Å²) in [6.45, 7) is 4.02. The summed E-state index contributed by atoms with van der Waals surface area (Å²) in [5, 5.41) is 2.82. The lowest BCUT2D eigenvalue weighted by Crippen LogP contribution is -2.11. The molecule has 0 saturated heterocycles. The highest BCUT2D eigenvalue weighted by atomic mass is 35.5. The summed E-state index contributed by atoms with van der Waals surface area (Å²) in [6, 6.07) is 6.81.